The van der Waals surface area contributed by atoms with E-state index >= 15 is 0 Å². The van der Waals surface area contributed by atoms with Gasteiger partial charge in [0.25, 0.3) is 10.2 Å². The van der Waals surface area contributed by atoms with Crippen LogP contribution in [0.2, 0.25) is 0 Å². The lowest BCUT2D eigenvalue weighted by Crippen LogP contribution is -2.36. The topological polar surface area (TPSA) is 58.2 Å². The molecule has 0 spiro atoms. The molecule has 0 aliphatic heterocycles. The molecule has 4 nitrogen and oxygen atoms in total. The van der Waals surface area contributed by atoms with Gasteiger partial charge >= 0.3 is 0 Å². The van der Waals surface area contributed by atoms with E-state index in [0.29, 0.717) is 19.5 Å². The summed E-state index contributed by atoms with van der Waals surface area (Å²) in [4.78, 5) is 0. The Morgan fingerprint density at radius 3 is 2.55 bits per heavy atom. The molecule has 11 heavy (non-hydrogen) atoms. The summed E-state index contributed by atoms with van der Waals surface area (Å²) in [6.07, 6.45) is 2.30. The fraction of sp³-hybridized carbons (Fsp3) is 0.667. The van der Waals surface area contributed by atoms with Gasteiger partial charge in [0, 0.05) is 13.1 Å². The van der Waals surface area contributed by atoms with Gasteiger partial charge < -0.3 is 0 Å². The maximum atomic E-state index is 10.8. The largest absolute Gasteiger partial charge is 0.276 e. The van der Waals surface area contributed by atoms with Gasteiger partial charge in [0.15, 0.2) is 0 Å². The van der Waals surface area contributed by atoms with E-state index in [9.17, 15) is 8.42 Å². The van der Waals surface area contributed by atoms with Gasteiger partial charge in [-0.05, 0) is 6.42 Å². The summed E-state index contributed by atoms with van der Waals surface area (Å²) >= 11 is 0. The van der Waals surface area contributed by atoms with Crippen molar-refractivity contribution in [3.63, 3.8) is 0 Å². The summed E-state index contributed by atoms with van der Waals surface area (Å²) in [7, 11) is -3.25. The van der Waals surface area contributed by atoms with Crippen LogP contribution in [0.5, 0.6) is 0 Å². The quantitative estimate of drug-likeness (QED) is 0.444. The molecule has 0 aliphatic rings. The summed E-state index contributed by atoms with van der Waals surface area (Å²) in [5.41, 5.74) is 0. The van der Waals surface area contributed by atoms with E-state index in [4.69, 9.17) is 0 Å². The smallest absolute Gasteiger partial charge is 0.203 e. The van der Waals surface area contributed by atoms with Crippen molar-refractivity contribution >= 4 is 10.2 Å². The first-order valence-electron chi connectivity index (χ1n) is 3.47. The Kier molecular flexibility index (Phi) is 5.10. The van der Waals surface area contributed by atoms with E-state index in [0.717, 1.165) is 0 Å². The van der Waals surface area contributed by atoms with Gasteiger partial charge in [0.05, 0.1) is 0 Å². The number of rotatable bonds is 6. The maximum absolute atomic E-state index is 10.8. The minimum Gasteiger partial charge on any atom is -0.203 e. The molecule has 0 unspecified atom stereocenters. The van der Waals surface area contributed by atoms with Crippen LogP contribution in [0.4, 0.5) is 0 Å². The highest BCUT2D eigenvalue weighted by molar-refractivity contribution is 7.87. The second-order valence-electron chi connectivity index (χ2n) is 1.97. The molecule has 0 fully saturated rings. The standard InChI is InChI=1S/C6H14N2O2S/c1-3-5-6-8-11(9,10)7-4-2/h3,7-8H,1,4-6H2,2H3. The first kappa shape index (κ1) is 10.6. The molecule has 0 heterocycles. The van der Waals surface area contributed by atoms with E-state index < -0.39 is 10.2 Å². The highest BCUT2D eigenvalue weighted by Crippen LogP contribution is 1.79. The molecule has 0 saturated heterocycles. The van der Waals surface area contributed by atoms with E-state index in [1.807, 2.05) is 0 Å². The van der Waals surface area contributed by atoms with Crippen LogP contribution in [0.1, 0.15) is 13.3 Å². The molecular weight excluding hydrogens is 164 g/mol. The van der Waals surface area contributed by atoms with Crippen LogP contribution in [0, 0.1) is 0 Å². The Labute approximate surface area is 67.9 Å². The van der Waals surface area contributed by atoms with Crippen LogP contribution in [-0.2, 0) is 10.2 Å². The molecule has 0 atom stereocenters. The summed E-state index contributed by atoms with van der Waals surface area (Å²) in [6.45, 7) is 6.01. The molecular formula is C6H14N2O2S. The second-order valence-corrected chi connectivity index (χ2v) is 3.56. The Morgan fingerprint density at radius 2 is 2.09 bits per heavy atom. The van der Waals surface area contributed by atoms with Crippen LogP contribution in [0.15, 0.2) is 12.7 Å². The third-order valence-electron chi connectivity index (χ3n) is 0.975. The maximum Gasteiger partial charge on any atom is 0.276 e. The Morgan fingerprint density at radius 1 is 1.45 bits per heavy atom. The predicted molar refractivity (Wildman–Crippen MR) is 45.4 cm³/mol. The summed E-state index contributed by atoms with van der Waals surface area (Å²) < 4.78 is 26.4. The normalized spacial score (nSPS) is 11.4. The van der Waals surface area contributed by atoms with Crippen LogP contribution < -0.4 is 9.44 Å². The SMILES string of the molecule is C=CCCNS(=O)(=O)NCC. The van der Waals surface area contributed by atoms with Gasteiger partial charge in [-0.2, -0.15) is 8.42 Å². The molecule has 2 N–H and O–H groups in total. The first-order chi connectivity index (χ1) is 5.12. The van der Waals surface area contributed by atoms with Crippen LogP contribution in [0.3, 0.4) is 0 Å². The molecule has 0 aromatic rings. The van der Waals surface area contributed by atoms with Crippen molar-refractivity contribution in [2.75, 3.05) is 13.1 Å². The zero-order valence-electron chi connectivity index (χ0n) is 6.63. The third kappa shape index (κ3) is 6.03. The second kappa shape index (κ2) is 5.29. The van der Waals surface area contributed by atoms with E-state index in [1.165, 1.54) is 0 Å². The molecule has 0 rings (SSSR count). The molecule has 0 aliphatic carbocycles. The minimum absolute atomic E-state index is 0.402. The molecule has 0 saturated carbocycles. The highest BCUT2D eigenvalue weighted by atomic mass is 32.2. The zero-order chi connectivity index (χ0) is 8.74. The Bertz CT molecular complexity index is 199. The van der Waals surface area contributed by atoms with E-state index in [2.05, 4.69) is 16.0 Å². The van der Waals surface area contributed by atoms with Gasteiger partial charge in [0.2, 0.25) is 0 Å². The van der Waals surface area contributed by atoms with Crippen molar-refractivity contribution in [3.05, 3.63) is 12.7 Å². The van der Waals surface area contributed by atoms with Crippen molar-refractivity contribution in [1.29, 1.82) is 0 Å². The monoisotopic (exact) mass is 178 g/mol. The molecule has 0 aromatic heterocycles. The van der Waals surface area contributed by atoms with Gasteiger partial charge in [-0.1, -0.05) is 13.0 Å². The van der Waals surface area contributed by atoms with E-state index in [1.54, 1.807) is 13.0 Å². The minimum atomic E-state index is -3.25. The molecule has 66 valence electrons. The van der Waals surface area contributed by atoms with Crippen molar-refractivity contribution < 1.29 is 8.42 Å². The number of hydrogen-bond donors (Lipinski definition) is 2. The lowest BCUT2D eigenvalue weighted by molar-refractivity contribution is 0.569. The average molecular weight is 178 g/mol. The lowest BCUT2D eigenvalue weighted by atomic mass is 10.4. The Balaban J connectivity index is 3.64. The van der Waals surface area contributed by atoms with Crippen LogP contribution >= 0.6 is 0 Å². The van der Waals surface area contributed by atoms with Crippen molar-refractivity contribution in [3.8, 4) is 0 Å². The summed E-state index contributed by atoms with van der Waals surface area (Å²) in [5, 5.41) is 0. The first-order valence-corrected chi connectivity index (χ1v) is 4.96. The third-order valence-corrected chi connectivity index (χ3v) is 2.23. The van der Waals surface area contributed by atoms with Gasteiger partial charge in [-0.3, -0.25) is 0 Å². The van der Waals surface area contributed by atoms with Gasteiger partial charge in [-0.15, -0.1) is 6.58 Å². The fourth-order valence-corrected chi connectivity index (χ4v) is 1.41. The van der Waals surface area contributed by atoms with E-state index in [-0.39, 0.29) is 0 Å². The molecule has 0 amide bonds. The highest BCUT2D eigenvalue weighted by Gasteiger charge is 2.03. The molecule has 0 bridgehead atoms. The average Bonchev–Trinajstić information content (AvgIpc) is 1.87. The summed E-state index contributed by atoms with van der Waals surface area (Å²) in [6, 6.07) is 0. The lowest BCUT2D eigenvalue weighted by Gasteiger charge is -2.03. The van der Waals surface area contributed by atoms with Crippen LogP contribution in [-0.4, -0.2) is 21.5 Å². The Hall–Kier alpha value is -0.390. The molecule has 0 radical (unpaired) electrons. The van der Waals surface area contributed by atoms with Gasteiger partial charge in [0.1, 0.15) is 0 Å². The zero-order valence-corrected chi connectivity index (χ0v) is 7.45. The fourth-order valence-electron chi connectivity index (χ4n) is 0.536. The summed E-state index contributed by atoms with van der Waals surface area (Å²) in [5.74, 6) is 0. The number of nitrogens with one attached hydrogen (secondary N) is 2. The molecule has 0 aromatic carbocycles. The van der Waals surface area contributed by atoms with Crippen molar-refractivity contribution in [2.45, 2.75) is 13.3 Å². The number of hydrogen-bond acceptors (Lipinski definition) is 2. The van der Waals surface area contributed by atoms with Crippen molar-refractivity contribution in [1.82, 2.24) is 9.44 Å². The molecule has 5 heteroatoms. The van der Waals surface area contributed by atoms with Crippen LogP contribution in [0.25, 0.3) is 0 Å². The van der Waals surface area contributed by atoms with Crippen molar-refractivity contribution in [2.24, 2.45) is 0 Å². The predicted octanol–water partition coefficient (Wildman–Crippen LogP) is 0.00640. The van der Waals surface area contributed by atoms with Gasteiger partial charge in [-0.25, -0.2) is 9.44 Å².